The van der Waals surface area contributed by atoms with Gasteiger partial charge in [0.15, 0.2) is 9.84 Å². The molecule has 2 aromatic carbocycles. The van der Waals surface area contributed by atoms with Crippen LogP contribution in [0.5, 0.6) is 0 Å². The maximum atomic E-state index is 13.4. The normalized spacial score (nSPS) is 15.3. The summed E-state index contributed by atoms with van der Waals surface area (Å²) in [6.07, 6.45) is 1.50. The highest BCUT2D eigenvalue weighted by Crippen LogP contribution is 2.38. The van der Waals surface area contributed by atoms with Crippen molar-refractivity contribution in [3.8, 4) is 0 Å². The highest BCUT2D eigenvalue weighted by Gasteiger charge is 2.40. The van der Waals surface area contributed by atoms with Crippen molar-refractivity contribution in [1.82, 2.24) is 15.2 Å². The Morgan fingerprint density at radius 2 is 1.72 bits per heavy atom. The Balaban J connectivity index is 1.49. The van der Waals surface area contributed by atoms with E-state index < -0.39 is 9.84 Å². The molecule has 1 aliphatic rings. The highest BCUT2D eigenvalue weighted by molar-refractivity contribution is 7.91. The molecule has 1 aromatic heterocycles. The van der Waals surface area contributed by atoms with E-state index in [0.29, 0.717) is 28.4 Å². The number of halogens is 1. The predicted molar refractivity (Wildman–Crippen MR) is 138 cm³/mol. The Bertz CT molecular complexity index is 1390. The fraction of sp³-hybridized carbons (Fsp3) is 0.296. The van der Waals surface area contributed by atoms with E-state index in [9.17, 15) is 18.0 Å². The molecule has 0 aliphatic carbocycles. The van der Waals surface area contributed by atoms with Crippen LogP contribution in [0.25, 0.3) is 0 Å². The standard InChI is InChI=1S/C27H28ClN3O4S/c1-4-36(34,35)22-11-7-18(8-12-22)14-30-26(32)20-13-23-24(29-15-20)25(17(2)3)31(27(23)33)16-19-5-9-21(28)10-6-19/h5-13,15,17,25H,4,14,16H2,1-3H3,(H,30,32). The van der Waals surface area contributed by atoms with Gasteiger partial charge in [0.25, 0.3) is 11.8 Å². The number of pyridine rings is 1. The Kier molecular flexibility index (Phi) is 7.47. The van der Waals surface area contributed by atoms with Crippen LogP contribution in [-0.4, -0.2) is 35.9 Å². The number of fused-ring (bicyclic) bond motifs is 1. The lowest BCUT2D eigenvalue weighted by atomic mass is 9.99. The summed E-state index contributed by atoms with van der Waals surface area (Å²) in [6.45, 7) is 6.32. The van der Waals surface area contributed by atoms with Crippen LogP contribution >= 0.6 is 11.6 Å². The summed E-state index contributed by atoms with van der Waals surface area (Å²) in [6, 6.07) is 15.2. The van der Waals surface area contributed by atoms with E-state index in [0.717, 1.165) is 11.1 Å². The average Bonchev–Trinajstić information content (AvgIpc) is 3.15. The Morgan fingerprint density at radius 1 is 1.08 bits per heavy atom. The van der Waals surface area contributed by atoms with Crippen LogP contribution in [0.1, 0.15) is 64.3 Å². The lowest BCUT2D eigenvalue weighted by molar-refractivity contribution is 0.0662. The van der Waals surface area contributed by atoms with Gasteiger partial charge in [-0.1, -0.05) is 56.6 Å². The minimum absolute atomic E-state index is 0.0297. The van der Waals surface area contributed by atoms with Crippen LogP contribution in [0.15, 0.2) is 65.7 Å². The number of carbonyl (C=O) groups excluding carboxylic acids is 2. The Labute approximate surface area is 216 Å². The summed E-state index contributed by atoms with van der Waals surface area (Å²) in [5.74, 6) is -0.356. The summed E-state index contributed by atoms with van der Waals surface area (Å²) in [4.78, 5) is 32.8. The largest absolute Gasteiger partial charge is 0.348 e. The number of nitrogens with zero attached hydrogens (tertiary/aromatic N) is 2. The summed E-state index contributed by atoms with van der Waals surface area (Å²) in [5.41, 5.74) is 3.13. The molecule has 0 radical (unpaired) electrons. The van der Waals surface area contributed by atoms with E-state index >= 15 is 0 Å². The average molecular weight is 526 g/mol. The first-order valence-electron chi connectivity index (χ1n) is 11.8. The number of aromatic nitrogens is 1. The minimum Gasteiger partial charge on any atom is -0.348 e. The monoisotopic (exact) mass is 525 g/mol. The third-order valence-electron chi connectivity index (χ3n) is 6.30. The number of sulfone groups is 1. The third kappa shape index (κ3) is 5.29. The number of benzene rings is 2. The maximum Gasteiger partial charge on any atom is 0.256 e. The zero-order valence-corrected chi connectivity index (χ0v) is 21.9. The molecular formula is C27H28ClN3O4S. The highest BCUT2D eigenvalue weighted by atomic mass is 35.5. The smallest absolute Gasteiger partial charge is 0.256 e. The summed E-state index contributed by atoms with van der Waals surface area (Å²) in [5, 5.41) is 3.45. The van der Waals surface area contributed by atoms with Gasteiger partial charge in [0, 0.05) is 24.3 Å². The summed E-state index contributed by atoms with van der Waals surface area (Å²) in [7, 11) is -3.28. The van der Waals surface area contributed by atoms with Crippen LogP contribution in [0.2, 0.25) is 5.02 Å². The molecule has 1 N–H and O–H groups in total. The molecule has 0 bridgehead atoms. The van der Waals surface area contributed by atoms with E-state index in [-0.39, 0.29) is 41.0 Å². The van der Waals surface area contributed by atoms with Crippen molar-refractivity contribution in [3.63, 3.8) is 0 Å². The summed E-state index contributed by atoms with van der Waals surface area (Å²) >= 11 is 6.00. The second kappa shape index (κ2) is 10.4. The van der Waals surface area contributed by atoms with Gasteiger partial charge in [-0.05, 0) is 47.4 Å². The Morgan fingerprint density at radius 3 is 2.33 bits per heavy atom. The van der Waals surface area contributed by atoms with Crippen LogP contribution in [0, 0.1) is 5.92 Å². The van der Waals surface area contributed by atoms with Crippen molar-refractivity contribution >= 4 is 33.3 Å². The topological polar surface area (TPSA) is 96.4 Å². The van der Waals surface area contributed by atoms with E-state index in [1.165, 1.54) is 18.3 Å². The van der Waals surface area contributed by atoms with Gasteiger partial charge in [0.2, 0.25) is 0 Å². The number of carbonyl (C=O) groups is 2. The second-order valence-corrected chi connectivity index (χ2v) is 11.8. The lowest BCUT2D eigenvalue weighted by Crippen LogP contribution is -2.30. The lowest BCUT2D eigenvalue weighted by Gasteiger charge is -2.27. The maximum absolute atomic E-state index is 13.4. The van der Waals surface area contributed by atoms with Gasteiger partial charge < -0.3 is 10.2 Å². The molecule has 9 heteroatoms. The van der Waals surface area contributed by atoms with Crippen molar-refractivity contribution in [2.24, 2.45) is 5.92 Å². The van der Waals surface area contributed by atoms with Gasteiger partial charge >= 0.3 is 0 Å². The van der Waals surface area contributed by atoms with Gasteiger partial charge in [-0.3, -0.25) is 14.6 Å². The van der Waals surface area contributed by atoms with Gasteiger partial charge in [-0.15, -0.1) is 0 Å². The fourth-order valence-corrected chi connectivity index (χ4v) is 5.34. The molecule has 1 aliphatic heterocycles. The number of hydrogen-bond acceptors (Lipinski definition) is 5. The van der Waals surface area contributed by atoms with E-state index in [1.807, 2.05) is 26.0 Å². The van der Waals surface area contributed by atoms with Crippen LogP contribution < -0.4 is 5.32 Å². The molecule has 0 fully saturated rings. The quantitative estimate of drug-likeness (QED) is 0.455. The zero-order valence-electron chi connectivity index (χ0n) is 20.4. The van der Waals surface area contributed by atoms with Gasteiger partial charge in [0.05, 0.1) is 33.5 Å². The van der Waals surface area contributed by atoms with Crippen LogP contribution in [0.4, 0.5) is 0 Å². The zero-order chi connectivity index (χ0) is 26.0. The molecule has 1 atom stereocenters. The molecule has 1 unspecified atom stereocenters. The van der Waals surface area contributed by atoms with Gasteiger partial charge in [-0.2, -0.15) is 0 Å². The number of amides is 2. The van der Waals surface area contributed by atoms with E-state index in [4.69, 9.17) is 11.6 Å². The molecule has 36 heavy (non-hydrogen) atoms. The predicted octanol–water partition coefficient (Wildman–Crippen LogP) is 4.81. The SMILES string of the molecule is CCS(=O)(=O)c1ccc(CNC(=O)c2cnc3c(c2)C(=O)N(Cc2ccc(Cl)cc2)C3C(C)C)cc1. The van der Waals surface area contributed by atoms with E-state index in [2.05, 4.69) is 10.3 Å². The molecule has 4 rings (SSSR count). The van der Waals surface area contributed by atoms with Crippen molar-refractivity contribution < 1.29 is 18.0 Å². The summed E-state index contributed by atoms with van der Waals surface area (Å²) < 4.78 is 23.9. The first-order valence-corrected chi connectivity index (χ1v) is 13.8. The van der Waals surface area contributed by atoms with E-state index in [1.54, 1.807) is 42.2 Å². The molecule has 0 spiro atoms. The van der Waals surface area contributed by atoms with Gasteiger partial charge in [-0.25, -0.2) is 8.42 Å². The van der Waals surface area contributed by atoms with Crippen LogP contribution in [0.3, 0.4) is 0 Å². The molecule has 3 aromatic rings. The first kappa shape index (κ1) is 25.9. The van der Waals surface area contributed by atoms with Crippen molar-refractivity contribution in [3.05, 3.63) is 93.8 Å². The minimum atomic E-state index is -3.28. The molecule has 7 nitrogen and oxygen atoms in total. The molecule has 2 heterocycles. The second-order valence-electron chi connectivity index (χ2n) is 9.14. The first-order chi connectivity index (χ1) is 17.1. The van der Waals surface area contributed by atoms with Crippen molar-refractivity contribution in [2.75, 3.05) is 5.75 Å². The Hall–Kier alpha value is -3.23. The van der Waals surface area contributed by atoms with Crippen LogP contribution in [-0.2, 0) is 22.9 Å². The number of hydrogen-bond donors (Lipinski definition) is 1. The number of nitrogens with one attached hydrogen (secondary N) is 1. The third-order valence-corrected chi connectivity index (χ3v) is 8.30. The molecule has 0 saturated heterocycles. The molecule has 2 amide bonds. The molecule has 188 valence electrons. The van der Waals surface area contributed by atoms with Crippen molar-refractivity contribution in [1.29, 1.82) is 0 Å². The molecular weight excluding hydrogens is 498 g/mol. The number of rotatable bonds is 8. The van der Waals surface area contributed by atoms with Gasteiger partial charge in [0.1, 0.15) is 0 Å². The fourth-order valence-electron chi connectivity index (χ4n) is 4.33. The van der Waals surface area contributed by atoms with Crippen molar-refractivity contribution in [2.45, 2.75) is 44.8 Å². The molecule has 0 saturated carbocycles.